The number of hydrogen-bond donors (Lipinski definition) is 1. The summed E-state index contributed by atoms with van der Waals surface area (Å²) in [7, 11) is 1.77. The second-order valence-electron chi connectivity index (χ2n) is 6.66. The van der Waals surface area contributed by atoms with Gasteiger partial charge in [0.05, 0.1) is 17.8 Å². The predicted molar refractivity (Wildman–Crippen MR) is 86.9 cm³/mol. The van der Waals surface area contributed by atoms with Gasteiger partial charge in [-0.15, -0.1) is 11.3 Å². The lowest BCUT2D eigenvalue weighted by molar-refractivity contribution is 0.112. The first-order valence-electron chi connectivity index (χ1n) is 8.08. The lowest BCUT2D eigenvalue weighted by atomic mass is 9.79. The lowest BCUT2D eigenvalue weighted by Gasteiger charge is -2.42. The van der Waals surface area contributed by atoms with Crippen LogP contribution < -0.4 is 5.32 Å². The summed E-state index contributed by atoms with van der Waals surface area (Å²) in [6.45, 7) is 9.78. The molecule has 2 aliphatic heterocycles. The van der Waals surface area contributed by atoms with Gasteiger partial charge in [-0.05, 0) is 31.2 Å². The molecule has 5 heteroatoms. The molecule has 0 saturated carbocycles. The van der Waals surface area contributed by atoms with Gasteiger partial charge in [-0.3, -0.25) is 0 Å². The van der Waals surface area contributed by atoms with Crippen molar-refractivity contribution in [2.75, 3.05) is 39.9 Å². The Kier molecular flexibility index (Phi) is 4.64. The van der Waals surface area contributed by atoms with E-state index in [1.165, 1.54) is 43.2 Å². The van der Waals surface area contributed by atoms with E-state index in [0.29, 0.717) is 11.8 Å². The summed E-state index contributed by atoms with van der Waals surface area (Å²) in [5.74, 6) is 1.20. The number of aromatic nitrogens is 1. The normalized spacial score (nSPS) is 32.0. The molecular formula is C16H27N3OS. The molecule has 0 aromatic carbocycles. The van der Waals surface area contributed by atoms with Gasteiger partial charge in [0.25, 0.3) is 0 Å². The van der Waals surface area contributed by atoms with Crippen LogP contribution in [0.1, 0.15) is 43.3 Å². The topological polar surface area (TPSA) is 37.4 Å². The molecule has 21 heavy (non-hydrogen) atoms. The Morgan fingerprint density at radius 3 is 3.10 bits per heavy atom. The van der Waals surface area contributed by atoms with Gasteiger partial charge in [-0.2, -0.15) is 0 Å². The van der Waals surface area contributed by atoms with Crippen molar-refractivity contribution in [2.24, 2.45) is 5.92 Å². The van der Waals surface area contributed by atoms with Gasteiger partial charge >= 0.3 is 0 Å². The molecule has 3 rings (SSSR count). The van der Waals surface area contributed by atoms with Crippen molar-refractivity contribution in [1.29, 1.82) is 0 Å². The summed E-state index contributed by atoms with van der Waals surface area (Å²) in [5, 5.41) is 7.38. The van der Waals surface area contributed by atoms with E-state index in [9.17, 15) is 0 Å². The molecule has 1 aromatic rings. The Balaban J connectivity index is 1.87. The molecule has 2 saturated heterocycles. The Labute approximate surface area is 131 Å². The zero-order valence-electron chi connectivity index (χ0n) is 13.4. The largest absolute Gasteiger partial charge is 0.383 e. The van der Waals surface area contributed by atoms with Crippen molar-refractivity contribution in [1.82, 2.24) is 15.2 Å². The maximum absolute atomic E-state index is 5.25. The first kappa shape index (κ1) is 15.4. The van der Waals surface area contributed by atoms with Crippen molar-refractivity contribution in [3.05, 3.63) is 16.1 Å². The van der Waals surface area contributed by atoms with E-state index < -0.39 is 0 Å². The number of hydrogen-bond acceptors (Lipinski definition) is 5. The smallest absolute Gasteiger partial charge is 0.113 e. The van der Waals surface area contributed by atoms with Gasteiger partial charge in [-0.25, -0.2) is 4.98 Å². The average Bonchev–Trinajstić information content (AvgIpc) is 3.11. The molecule has 0 radical (unpaired) electrons. The maximum atomic E-state index is 5.25. The van der Waals surface area contributed by atoms with E-state index in [2.05, 4.69) is 29.4 Å². The molecule has 118 valence electrons. The summed E-state index contributed by atoms with van der Waals surface area (Å²) in [6, 6.07) is 0. The third-order valence-corrected chi connectivity index (χ3v) is 6.07. The summed E-state index contributed by atoms with van der Waals surface area (Å²) in [6.07, 6.45) is 2.46. The average molecular weight is 309 g/mol. The maximum Gasteiger partial charge on any atom is 0.113 e. The molecular weight excluding hydrogens is 282 g/mol. The second kappa shape index (κ2) is 6.32. The van der Waals surface area contributed by atoms with E-state index in [1.54, 1.807) is 7.11 Å². The molecule has 0 aliphatic carbocycles. The first-order chi connectivity index (χ1) is 10.2. The van der Waals surface area contributed by atoms with Crippen LogP contribution in [0.3, 0.4) is 0 Å². The van der Waals surface area contributed by atoms with E-state index in [1.807, 2.05) is 11.3 Å². The molecule has 3 unspecified atom stereocenters. The summed E-state index contributed by atoms with van der Waals surface area (Å²) < 4.78 is 5.25. The van der Waals surface area contributed by atoms with Crippen LogP contribution in [0.15, 0.2) is 5.38 Å². The second-order valence-corrected chi connectivity index (χ2v) is 7.52. The summed E-state index contributed by atoms with van der Waals surface area (Å²) >= 11 is 1.85. The van der Waals surface area contributed by atoms with Gasteiger partial charge in [0.1, 0.15) is 5.01 Å². The molecule has 0 amide bonds. The monoisotopic (exact) mass is 309 g/mol. The molecule has 3 atom stereocenters. The SMILES string of the molecule is COCCNC1(c2nc(C(C)C)cs2)CCN2CCC1C2. The van der Waals surface area contributed by atoms with Crippen LogP contribution in [0.2, 0.25) is 0 Å². The van der Waals surface area contributed by atoms with Gasteiger partial charge in [0.2, 0.25) is 0 Å². The fourth-order valence-corrected chi connectivity index (χ4v) is 4.97. The van der Waals surface area contributed by atoms with Crippen molar-refractivity contribution in [3.8, 4) is 0 Å². The number of piperidine rings is 1. The van der Waals surface area contributed by atoms with Crippen LogP contribution in [-0.4, -0.2) is 49.8 Å². The van der Waals surface area contributed by atoms with Crippen molar-refractivity contribution in [3.63, 3.8) is 0 Å². The van der Waals surface area contributed by atoms with Gasteiger partial charge in [-0.1, -0.05) is 13.8 Å². The minimum atomic E-state index is 0.0728. The van der Waals surface area contributed by atoms with Crippen molar-refractivity contribution in [2.45, 2.75) is 38.1 Å². The van der Waals surface area contributed by atoms with E-state index in [0.717, 1.165) is 13.2 Å². The quantitative estimate of drug-likeness (QED) is 0.819. The van der Waals surface area contributed by atoms with Crippen molar-refractivity contribution < 1.29 is 4.74 Å². The summed E-state index contributed by atoms with van der Waals surface area (Å²) in [4.78, 5) is 7.59. The van der Waals surface area contributed by atoms with Crippen molar-refractivity contribution >= 4 is 11.3 Å². The van der Waals surface area contributed by atoms with Crippen LogP contribution in [-0.2, 0) is 10.3 Å². The standard InChI is InChI=1S/C16H27N3OS/c1-12(2)14-11-21-15(18-14)16(17-6-9-20-3)5-8-19-7-4-13(16)10-19/h11-13,17H,4-10H2,1-3H3. The molecule has 3 heterocycles. The highest BCUT2D eigenvalue weighted by molar-refractivity contribution is 7.09. The highest BCUT2D eigenvalue weighted by atomic mass is 32.1. The molecule has 4 nitrogen and oxygen atoms in total. The number of rotatable bonds is 6. The van der Waals surface area contributed by atoms with Gasteiger partial charge in [0.15, 0.2) is 0 Å². The van der Waals surface area contributed by atoms with E-state index >= 15 is 0 Å². The number of ether oxygens (including phenoxy) is 1. The predicted octanol–water partition coefficient (Wildman–Crippen LogP) is 2.42. The zero-order chi connectivity index (χ0) is 14.9. The minimum absolute atomic E-state index is 0.0728. The van der Waals surface area contributed by atoms with E-state index in [-0.39, 0.29) is 5.54 Å². The Bertz CT molecular complexity index is 476. The third-order valence-electron chi connectivity index (χ3n) is 5.03. The van der Waals surface area contributed by atoms with E-state index in [4.69, 9.17) is 9.72 Å². The first-order valence-corrected chi connectivity index (χ1v) is 8.96. The van der Waals surface area contributed by atoms with Crippen LogP contribution >= 0.6 is 11.3 Å². The van der Waals surface area contributed by atoms with Crippen LogP contribution in [0.25, 0.3) is 0 Å². The highest BCUT2D eigenvalue weighted by Crippen LogP contribution is 2.44. The number of nitrogens with zero attached hydrogens (tertiary/aromatic N) is 2. The van der Waals surface area contributed by atoms with Gasteiger partial charge in [0, 0.05) is 32.1 Å². The number of nitrogens with one attached hydrogen (secondary N) is 1. The Morgan fingerprint density at radius 1 is 1.52 bits per heavy atom. The molecule has 1 aromatic heterocycles. The highest BCUT2D eigenvalue weighted by Gasteiger charge is 2.48. The molecule has 0 spiro atoms. The van der Waals surface area contributed by atoms with Gasteiger partial charge < -0.3 is 15.0 Å². The Hall–Kier alpha value is -0.490. The summed E-state index contributed by atoms with van der Waals surface area (Å²) in [5.41, 5.74) is 1.31. The minimum Gasteiger partial charge on any atom is -0.383 e. The molecule has 2 bridgehead atoms. The zero-order valence-corrected chi connectivity index (χ0v) is 14.2. The molecule has 1 N–H and O–H groups in total. The number of fused-ring (bicyclic) bond motifs is 2. The molecule has 2 fully saturated rings. The van der Waals surface area contributed by atoms with Crippen LogP contribution in [0.4, 0.5) is 0 Å². The van der Waals surface area contributed by atoms with Crippen LogP contribution in [0.5, 0.6) is 0 Å². The third kappa shape index (κ3) is 2.89. The lowest BCUT2D eigenvalue weighted by Crippen LogP contribution is -2.54. The number of methoxy groups -OCH3 is 1. The molecule has 2 aliphatic rings. The Morgan fingerprint density at radius 2 is 2.38 bits per heavy atom. The number of thiazole rings is 1. The fourth-order valence-electron chi connectivity index (χ4n) is 3.70. The fraction of sp³-hybridized carbons (Fsp3) is 0.812. The van der Waals surface area contributed by atoms with Crippen LogP contribution in [0, 0.1) is 5.92 Å².